The molecule has 7 nitrogen and oxygen atoms in total. The van der Waals surface area contributed by atoms with Gasteiger partial charge in [-0.1, -0.05) is 23.2 Å². The van der Waals surface area contributed by atoms with Crippen molar-refractivity contribution in [2.24, 2.45) is 10.8 Å². The second kappa shape index (κ2) is 10.9. The molecule has 0 radical (unpaired) electrons. The third-order valence-corrected chi connectivity index (χ3v) is 7.04. The van der Waals surface area contributed by atoms with E-state index in [1.165, 1.54) is 0 Å². The SMILES string of the molecule is CN1CCN(c2cc(N3CCN(c4ccc(Cl)c(Cl)c4)CC3)c(F)cc2/C=N/NC(N)=S)CC1. The van der Waals surface area contributed by atoms with Crippen LogP contribution in [0.1, 0.15) is 5.56 Å². The van der Waals surface area contributed by atoms with Gasteiger partial charge in [0.05, 0.1) is 21.9 Å². The Morgan fingerprint density at radius 3 is 2.21 bits per heavy atom. The highest BCUT2D eigenvalue weighted by Crippen LogP contribution is 2.32. The van der Waals surface area contributed by atoms with Gasteiger partial charge in [0.2, 0.25) is 0 Å². The Morgan fingerprint density at radius 1 is 0.941 bits per heavy atom. The second-order valence-corrected chi connectivity index (χ2v) is 9.71. The number of hydrazone groups is 1. The van der Waals surface area contributed by atoms with Crippen molar-refractivity contribution in [3.05, 3.63) is 51.8 Å². The first-order valence-electron chi connectivity index (χ1n) is 11.1. The van der Waals surface area contributed by atoms with Crippen molar-refractivity contribution < 1.29 is 4.39 Å². The van der Waals surface area contributed by atoms with E-state index in [9.17, 15) is 0 Å². The lowest BCUT2D eigenvalue weighted by Crippen LogP contribution is -2.47. The molecule has 3 N–H and O–H groups in total. The Balaban J connectivity index is 1.55. The third-order valence-electron chi connectivity index (χ3n) is 6.21. The first-order chi connectivity index (χ1) is 16.3. The largest absolute Gasteiger partial charge is 0.375 e. The van der Waals surface area contributed by atoms with Crippen molar-refractivity contribution >= 4 is 63.8 Å². The molecule has 2 fully saturated rings. The number of nitrogens with zero attached hydrogens (tertiary/aromatic N) is 5. The normalized spacial score (nSPS) is 17.5. The fourth-order valence-electron chi connectivity index (χ4n) is 4.29. The molecular formula is C23H28Cl2FN7S. The van der Waals surface area contributed by atoms with Gasteiger partial charge in [0.1, 0.15) is 5.82 Å². The van der Waals surface area contributed by atoms with Crippen LogP contribution in [0.2, 0.25) is 10.0 Å². The van der Waals surface area contributed by atoms with Crippen molar-refractivity contribution in [3.63, 3.8) is 0 Å². The molecular weight excluding hydrogens is 496 g/mol. The summed E-state index contributed by atoms with van der Waals surface area (Å²) >= 11 is 17.1. The maximum Gasteiger partial charge on any atom is 0.184 e. The summed E-state index contributed by atoms with van der Waals surface area (Å²) < 4.78 is 15.3. The number of benzene rings is 2. The van der Waals surface area contributed by atoms with E-state index in [4.69, 9.17) is 41.2 Å². The lowest BCUT2D eigenvalue weighted by Gasteiger charge is -2.39. The summed E-state index contributed by atoms with van der Waals surface area (Å²) in [7, 11) is 2.11. The Kier molecular flexibility index (Phi) is 7.98. The van der Waals surface area contributed by atoms with Crippen molar-refractivity contribution in [3.8, 4) is 0 Å². The molecule has 0 spiro atoms. The third kappa shape index (κ3) is 5.83. The molecule has 34 heavy (non-hydrogen) atoms. The number of anilines is 3. The monoisotopic (exact) mass is 523 g/mol. The molecule has 11 heteroatoms. The molecule has 0 aliphatic carbocycles. The molecule has 2 aromatic carbocycles. The summed E-state index contributed by atoms with van der Waals surface area (Å²) in [5.74, 6) is -0.280. The Morgan fingerprint density at radius 2 is 1.56 bits per heavy atom. The highest BCUT2D eigenvalue weighted by molar-refractivity contribution is 7.80. The maximum atomic E-state index is 15.3. The molecule has 2 aromatic rings. The summed E-state index contributed by atoms with van der Waals surface area (Å²) in [6, 6.07) is 9.13. The molecule has 2 saturated heterocycles. The quantitative estimate of drug-likeness (QED) is 0.353. The van der Waals surface area contributed by atoms with Gasteiger partial charge in [-0.2, -0.15) is 5.10 Å². The van der Waals surface area contributed by atoms with Crippen LogP contribution in [0.15, 0.2) is 35.4 Å². The van der Waals surface area contributed by atoms with Crippen LogP contribution in [0, 0.1) is 5.82 Å². The second-order valence-electron chi connectivity index (χ2n) is 8.46. The zero-order valence-electron chi connectivity index (χ0n) is 19.0. The van der Waals surface area contributed by atoms with Gasteiger partial charge >= 0.3 is 0 Å². The van der Waals surface area contributed by atoms with Crippen LogP contribution >= 0.6 is 35.4 Å². The molecule has 2 aliphatic rings. The number of halogens is 3. The number of hydrogen-bond donors (Lipinski definition) is 2. The smallest absolute Gasteiger partial charge is 0.184 e. The molecule has 0 atom stereocenters. The molecule has 0 unspecified atom stereocenters. The zero-order valence-corrected chi connectivity index (χ0v) is 21.3. The van der Waals surface area contributed by atoms with Crippen LogP contribution in [0.25, 0.3) is 0 Å². The van der Waals surface area contributed by atoms with Gasteiger partial charge in [-0.3, -0.25) is 5.43 Å². The number of nitrogens with one attached hydrogen (secondary N) is 1. The van der Waals surface area contributed by atoms with Crippen LogP contribution < -0.4 is 25.9 Å². The van der Waals surface area contributed by atoms with Gasteiger partial charge in [-0.25, -0.2) is 4.39 Å². The number of piperazine rings is 2. The van der Waals surface area contributed by atoms with E-state index in [1.807, 2.05) is 18.2 Å². The zero-order chi connectivity index (χ0) is 24.2. The Labute approximate surface area is 214 Å². The summed E-state index contributed by atoms with van der Waals surface area (Å²) in [4.78, 5) is 8.89. The van der Waals surface area contributed by atoms with E-state index in [2.05, 4.69) is 37.2 Å². The minimum atomic E-state index is -0.280. The highest BCUT2D eigenvalue weighted by Gasteiger charge is 2.24. The van der Waals surface area contributed by atoms with Crippen LogP contribution in [0.5, 0.6) is 0 Å². The molecule has 2 aliphatic heterocycles. The van der Waals surface area contributed by atoms with E-state index in [1.54, 1.807) is 18.3 Å². The standard InChI is InChI=1S/C23H28Cl2FN7S/c1-30-4-6-32(7-5-30)21-14-22(20(26)12-16(21)15-28-29-23(27)34)33-10-8-31(9-11-33)17-2-3-18(24)19(25)13-17/h2-3,12-15H,4-11H2,1H3,(H3,27,29,34)/b28-15+. The van der Waals surface area contributed by atoms with E-state index in [0.717, 1.165) is 50.6 Å². The van der Waals surface area contributed by atoms with Crippen molar-refractivity contribution in [1.29, 1.82) is 0 Å². The summed E-state index contributed by atoms with van der Waals surface area (Å²) in [6.45, 7) is 6.48. The Bertz CT molecular complexity index is 1070. The van der Waals surface area contributed by atoms with Crippen molar-refractivity contribution in [1.82, 2.24) is 10.3 Å². The molecule has 0 aromatic heterocycles. The van der Waals surface area contributed by atoms with E-state index in [-0.39, 0.29) is 10.9 Å². The summed E-state index contributed by atoms with van der Waals surface area (Å²) in [5, 5.41) is 5.20. The van der Waals surface area contributed by atoms with Crippen molar-refractivity contribution in [2.75, 3.05) is 74.1 Å². The first kappa shape index (κ1) is 24.8. The highest BCUT2D eigenvalue weighted by atomic mass is 35.5. The molecule has 0 amide bonds. The molecule has 0 bridgehead atoms. The first-order valence-corrected chi connectivity index (χ1v) is 12.3. The maximum absolute atomic E-state index is 15.3. The summed E-state index contributed by atoms with van der Waals surface area (Å²) in [5.41, 5.74) is 11.3. The molecule has 2 heterocycles. The minimum Gasteiger partial charge on any atom is -0.375 e. The topological polar surface area (TPSA) is 63.4 Å². The van der Waals surface area contributed by atoms with Gasteiger partial charge < -0.3 is 25.3 Å². The van der Waals surface area contributed by atoms with Gasteiger partial charge in [-0.05, 0) is 49.6 Å². The van der Waals surface area contributed by atoms with Crippen LogP contribution in [0.3, 0.4) is 0 Å². The average Bonchev–Trinajstić information content (AvgIpc) is 2.82. The van der Waals surface area contributed by atoms with E-state index < -0.39 is 0 Å². The number of nitrogens with two attached hydrogens (primary N) is 1. The minimum absolute atomic E-state index is 0.0642. The number of hydrogen-bond acceptors (Lipinski definition) is 6. The fourth-order valence-corrected chi connectivity index (χ4v) is 4.63. The Hall–Kier alpha value is -2.33. The fraction of sp³-hybridized carbons (Fsp3) is 0.391. The number of rotatable bonds is 5. The van der Waals surface area contributed by atoms with Gasteiger partial charge in [0.25, 0.3) is 0 Å². The predicted molar refractivity (Wildman–Crippen MR) is 145 cm³/mol. The molecule has 0 saturated carbocycles. The lowest BCUT2D eigenvalue weighted by molar-refractivity contribution is 0.313. The van der Waals surface area contributed by atoms with Gasteiger partial charge in [0, 0.05) is 69.3 Å². The summed E-state index contributed by atoms with van der Waals surface area (Å²) in [6.07, 6.45) is 1.57. The average molecular weight is 524 g/mol. The van der Waals surface area contributed by atoms with Gasteiger partial charge in [0.15, 0.2) is 5.11 Å². The number of thiocarbonyl (C=S) groups is 1. The molecule has 4 rings (SSSR count). The van der Waals surface area contributed by atoms with Gasteiger partial charge in [-0.15, -0.1) is 0 Å². The van der Waals surface area contributed by atoms with E-state index >= 15 is 4.39 Å². The molecule has 182 valence electrons. The van der Waals surface area contributed by atoms with Crippen LogP contribution in [-0.4, -0.2) is 75.6 Å². The lowest BCUT2D eigenvalue weighted by atomic mass is 10.1. The van der Waals surface area contributed by atoms with E-state index in [0.29, 0.717) is 34.4 Å². The van der Waals surface area contributed by atoms with Crippen molar-refractivity contribution in [2.45, 2.75) is 0 Å². The predicted octanol–water partition coefficient (Wildman–Crippen LogP) is 3.38. The number of likely N-dealkylation sites (N-methyl/N-ethyl adjacent to an activating group) is 1. The van der Waals surface area contributed by atoms with Crippen LogP contribution in [-0.2, 0) is 0 Å². The van der Waals surface area contributed by atoms with Crippen LogP contribution in [0.4, 0.5) is 21.5 Å².